The average Bonchev–Trinajstić information content (AvgIpc) is 2.58. The fraction of sp³-hybridized carbons (Fsp3) is 0.267. The van der Waals surface area contributed by atoms with Crippen molar-refractivity contribution in [3.05, 3.63) is 47.8 Å². The van der Waals surface area contributed by atoms with E-state index in [9.17, 15) is 0 Å². The molecule has 0 bridgehead atoms. The smallest absolute Gasteiger partial charge is 0.250 e. The van der Waals surface area contributed by atoms with Gasteiger partial charge >= 0.3 is 0 Å². The number of hydrogen-bond acceptors (Lipinski definition) is 5. The molecule has 140 valence electrons. The molecule has 0 saturated heterocycles. The van der Waals surface area contributed by atoms with Gasteiger partial charge in [0.2, 0.25) is 7.59 Å². The Bertz CT molecular complexity index is 801. The van der Waals surface area contributed by atoms with E-state index in [-0.39, 0.29) is 17.5 Å². The van der Waals surface area contributed by atoms with Gasteiger partial charge in [0, 0.05) is 5.57 Å². The summed E-state index contributed by atoms with van der Waals surface area (Å²) in [4.78, 5) is 12.2. The minimum atomic E-state index is -1.94. The second kappa shape index (κ2) is 8.13. The molecule has 0 spiro atoms. The van der Waals surface area contributed by atoms with Crippen molar-refractivity contribution in [2.24, 2.45) is 0 Å². The fourth-order valence-electron chi connectivity index (χ4n) is 1.92. The lowest BCUT2D eigenvalue weighted by molar-refractivity contribution is 0.355. The molecular weight excluding hydrogens is 467 g/mol. The number of methoxy groups -OCH3 is 2. The molecule has 5 nitrogen and oxygen atoms in total. The molecule has 0 N–H and O–H groups in total. The Balaban J connectivity index is 2.58. The Labute approximate surface area is 180 Å². The van der Waals surface area contributed by atoms with Crippen LogP contribution in [-0.4, -0.2) is 29.2 Å². The van der Waals surface area contributed by atoms with Gasteiger partial charge < -0.3 is 9.47 Å². The van der Waals surface area contributed by atoms with Crippen LogP contribution in [0.1, 0.15) is 23.0 Å². The summed E-state index contributed by atoms with van der Waals surface area (Å²) in [7, 11) is 3.04. The van der Waals surface area contributed by atoms with Crippen LogP contribution in [0.25, 0.3) is 5.57 Å². The molecule has 2 rings (SSSR count). The van der Waals surface area contributed by atoms with Gasteiger partial charge in [0.25, 0.3) is 0 Å². The summed E-state index contributed by atoms with van der Waals surface area (Å²) in [5, 5.41) is 0. The molecule has 0 radical (unpaired) electrons. The van der Waals surface area contributed by atoms with Gasteiger partial charge in [-0.25, -0.2) is 15.0 Å². The number of hydrogen-bond donors (Lipinski definition) is 0. The second-order valence-corrected chi connectivity index (χ2v) is 9.41. The summed E-state index contributed by atoms with van der Waals surface area (Å²) in [6, 6.07) is 5.12. The second-order valence-electron chi connectivity index (χ2n) is 4.85. The van der Waals surface area contributed by atoms with Gasteiger partial charge in [0.15, 0.2) is 29.0 Å². The van der Waals surface area contributed by atoms with Gasteiger partial charge in [-0.1, -0.05) is 82.3 Å². The number of halogens is 6. The van der Waals surface area contributed by atoms with Crippen molar-refractivity contribution in [1.29, 1.82) is 0 Å². The number of alkyl halides is 6. The number of aromatic nitrogens is 3. The van der Waals surface area contributed by atoms with Crippen LogP contribution >= 0.6 is 69.6 Å². The number of benzene rings is 1. The topological polar surface area (TPSA) is 57.1 Å². The summed E-state index contributed by atoms with van der Waals surface area (Å²) >= 11 is 35.2. The lowest BCUT2D eigenvalue weighted by Gasteiger charge is -2.17. The minimum Gasteiger partial charge on any atom is -0.493 e. The van der Waals surface area contributed by atoms with E-state index in [1.165, 1.54) is 14.2 Å². The van der Waals surface area contributed by atoms with E-state index >= 15 is 0 Å². The van der Waals surface area contributed by atoms with E-state index in [4.69, 9.17) is 79.1 Å². The maximum absolute atomic E-state index is 5.87. The highest BCUT2D eigenvalue weighted by Gasteiger charge is 2.34. The number of rotatable bonds is 4. The largest absolute Gasteiger partial charge is 0.493 e. The van der Waals surface area contributed by atoms with E-state index in [2.05, 4.69) is 21.5 Å². The van der Waals surface area contributed by atoms with E-state index in [0.717, 1.165) is 0 Å². The summed E-state index contributed by atoms with van der Waals surface area (Å²) in [6.45, 7) is 3.96. The predicted octanol–water partition coefficient (Wildman–Crippen LogP) is 5.60. The van der Waals surface area contributed by atoms with Crippen LogP contribution in [-0.2, 0) is 7.59 Å². The first kappa shape index (κ1) is 21.6. The molecule has 0 fully saturated rings. The van der Waals surface area contributed by atoms with Crippen LogP contribution < -0.4 is 9.47 Å². The third-order valence-electron chi connectivity index (χ3n) is 3.14. The van der Waals surface area contributed by atoms with Crippen LogP contribution in [0, 0.1) is 0 Å². The standard InChI is InChI=1S/C15H11Cl6N3O2/c1-7(8-4-5-9(25-2)10(6-8)26-3)11-22-12(14(16,17)18)24-13(23-11)15(19,20)21/h4-6H,1H2,2-3H3. The van der Waals surface area contributed by atoms with Crippen molar-refractivity contribution in [1.82, 2.24) is 15.0 Å². The van der Waals surface area contributed by atoms with Gasteiger partial charge in [0.05, 0.1) is 14.2 Å². The maximum Gasteiger partial charge on any atom is 0.250 e. The van der Waals surface area contributed by atoms with Gasteiger partial charge in [-0.05, 0) is 17.7 Å². The highest BCUT2D eigenvalue weighted by molar-refractivity contribution is 6.67. The van der Waals surface area contributed by atoms with Crippen molar-refractivity contribution >= 4 is 75.2 Å². The van der Waals surface area contributed by atoms with Gasteiger partial charge in [0.1, 0.15) is 0 Å². The molecule has 1 aromatic carbocycles. The Morgan fingerprint density at radius 3 is 1.77 bits per heavy atom. The third-order valence-corrected chi connectivity index (χ3v) is 4.16. The molecule has 26 heavy (non-hydrogen) atoms. The van der Waals surface area contributed by atoms with Crippen LogP contribution in [0.4, 0.5) is 0 Å². The van der Waals surface area contributed by atoms with Gasteiger partial charge in [-0.15, -0.1) is 0 Å². The normalized spacial score (nSPS) is 12.0. The summed E-state index contributed by atoms with van der Waals surface area (Å²) < 4.78 is 6.59. The average molecular weight is 478 g/mol. The summed E-state index contributed by atoms with van der Waals surface area (Å²) in [5.41, 5.74) is 0.999. The van der Waals surface area contributed by atoms with Gasteiger partial charge in [-0.2, -0.15) is 0 Å². The Hall–Kier alpha value is -0.690. The maximum atomic E-state index is 5.87. The lowest BCUT2D eigenvalue weighted by Crippen LogP contribution is -2.18. The molecule has 0 saturated carbocycles. The quantitative estimate of drug-likeness (QED) is 0.536. The van der Waals surface area contributed by atoms with E-state index in [0.29, 0.717) is 22.6 Å². The molecule has 0 aliphatic rings. The predicted molar refractivity (Wildman–Crippen MR) is 106 cm³/mol. The summed E-state index contributed by atoms with van der Waals surface area (Å²) in [6.07, 6.45) is 0. The van der Waals surface area contributed by atoms with Crippen LogP contribution in [0.15, 0.2) is 24.8 Å². The van der Waals surface area contributed by atoms with Crippen molar-refractivity contribution in [3.8, 4) is 11.5 Å². The Morgan fingerprint density at radius 2 is 1.35 bits per heavy atom. The van der Waals surface area contributed by atoms with Crippen LogP contribution in [0.3, 0.4) is 0 Å². The molecule has 0 aliphatic heterocycles. The summed E-state index contributed by atoms with van der Waals surface area (Å²) in [5.74, 6) is 0.716. The highest BCUT2D eigenvalue weighted by Crippen LogP contribution is 2.41. The first-order valence-corrected chi connectivity index (χ1v) is 9.06. The van der Waals surface area contributed by atoms with E-state index in [1.54, 1.807) is 18.2 Å². The van der Waals surface area contributed by atoms with Gasteiger partial charge in [-0.3, -0.25) is 0 Å². The van der Waals surface area contributed by atoms with Crippen molar-refractivity contribution in [2.45, 2.75) is 7.59 Å². The molecule has 11 heteroatoms. The van der Waals surface area contributed by atoms with Crippen molar-refractivity contribution < 1.29 is 9.47 Å². The fourth-order valence-corrected chi connectivity index (χ4v) is 2.42. The first-order chi connectivity index (χ1) is 12.0. The van der Waals surface area contributed by atoms with Crippen LogP contribution in [0.5, 0.6) is 11.5 Å². The number of ether oxygens (including phenoxy) is 2. The Kier molecular flexibility index (Phi) is 6.76. The van der Waals surface area contributed by atoms with Crippen LogP contribution in [0.2, 0.25) is 0 Å². The molecule has 0 amide bonds. The molecule has 1 heterocycles. The number of nitrogens with zero attached hydrogens (tertiary/aromatic N) is 3. The highest BCUT2D eigenvalue weighted by atomic mass is 35.6. The molecule has 1 aromatic heterocycles. The third kappa shape index (κ3) is 4.97. The molecule has 2 aromatic rings. The van der Waals surface area contributed by atoms with Crippen molar-refractivity contribution in [3.63, 3.8) is 0 Å². The minimum absolute atomic E-state index is 0.0786. The molecule has 0 aliphatic carbocycles. The Morgan fingerprint density at radius 1 is 0.846 bits per heavy atom. The molecule has 0 unspecified atom stereocenters. The first-order valence-electron chi connectivity index (χ1n) is 6.79. The molecular formula is C15H11Cl6N3O2. The zero-order chi connectivity index (χ0) is 19.7. The zero-order valence-corrected chi connectivity index (χ0v) is 17.9. The SMILES string of the molecule is C=C(c1ccc(OC)c(OC)c1)c1nc(C(Cl)(Cl)Cl)nc(C(Cl)(Cl)Cl)n1. The van der Waals surface area contributed by atoms with E-state index < -0.39 is 7.59 Å². The zero-order valence-electron chi connectivity index (χ0n) is 13.4. The lowest BCUT2D eigenvalue weighted by atomic mass is 10.1. The monoisotopic (exact) mass is 475 g/mol. The van der Waals surface area contributed by atoms with E-state index in [1.807, 2.05) is 0 Å². The van der Waals surface area contributed by atoms with Crippen molar-refractivity contribution in [2.75, 3.05) is 14.2 Å². The molecule has 0 atom stereocenters.